The van der Waals surface area contributed by atoms with E-state index in [0.717, 1.165) is 5.56 Å². The zero-order chi connectivity index (χ0) is 20.6. The molecule has 2 aromatic carbocycles. The first kappa shape index (κ1) is 20.3. The van der Waals surface area contributed by atoms with Crippen molar-refractivity contribution in [3.8, 4) is 16.3 Å². The van der Waals surface area contributed by atoms with Crippen molar-refractivity contribution < 1.29 is 14.3 Å². The number of ether oxygens (including phenoxy) is 1. The van der Waals surface area contributed by atoms with Gasteiger partial charge in [0, 0.05) is 5.56 Å². The molecule has 0 spiro atoms. The minimum absolute atomic E-state index is 0.365. The SMILES string of the molecule is CCOc1ccccc1NC(=O)NC(C)C(=O)Nc1nnc(-c2ccccc2)s1. The van der Waals surface area contributed by atoms with Crippen LogP contribution < -0.4 is 20.7 Å². The molecular weight excluding hydrogens is 390 g/mol. The maximum absolute atomic E-state index is 12.4. The van der Waals surface area contributed by atoms with Gasteiger partial charge in [-0.15, -0.1) is 10.2 Å². The van der Waals surface area contributed by atoms with Gasteiger partial charge < -0.3 is 15.4 Å². The molecule has 0 radical (unpaired) electrons. The highest BCUT2D eigenvalue weighted by molar-refractivity contribution is 7.18. The predicted molar refractivity (Wildman–Crippen MR) is 113 cm³/mol. The van der Waals surface area contributed by atoms with E-state index in [-0.39, 0.29) is 0 Å². The van der Waals surface area contributed by atoms with E-state index in [1.807, 2.05) is 43.3 Å². The number of hydrogen-bond donors (Lipinski definition) is 3. The Bertz CT molecular complexity index is 977. The first-order valence-corrected chi connectivity index (χ1v) is 9.87. The van der Waals surface area contributed by atoms with Crippen molar-refractivity contribution in [2.75, 3.05) is 17.2 Å². The van der Waals surface area contributed by atoms with Crippen LogP contribution in [0, 0.1) is 0 Å². The van der Waals surface area contributed by atoms with Crippen molar-refractivity contribution in [3.05, 3.63) is 54.6 Å². The number of amides is 3. The number of aromatic nitrogens is 2. The smallest absolute Gasteiger partial charge is 0.319 e. The van der Waals surface area contributed by atoms with Crippen LogP contribution in [0.2, 0.25) is 0 Å². The minimum atomic E-state index is -0.779. The fourth-order valence-electron chi connectivity index (χ4n) is 2.46. The molecule has 9 heteroatoms. The highest BCUT2D eigenvalue weighted by atomic mass is 32.1. The molecule has 3 rings (SSSR count). The lowest BCUT2D eigenvalue weighted by molar-refractivity contribution is -0.117. The van der Waals surface area contributed by atoms with Gasteiger partial charge in [-0.3, -0.25) is 10.1 Å². The van der Waals surface area contributed by atoms with Crippen molar-refractivity contribution in [1.29, 1.82) is 0 Å². The molecule has 1 atom stereocenters. The molecule has 3 amide bonds. The summed E-state index contributed by atoms with van der Waals surface area (Å²) in [6.07, 6.45) is 0. The summed E-state index contributed by atoms with van der Waals surface area (Å²) in [6, 6.07) is 15.4. The first-order chi connectivity index (χ1) is 14.1. The molecule has 0 aliphatic carbocycles. The first-order valence-electron chi connectivity index (χ1n) is 9.06. The second-order valence-corrected chi connectivity index (χ2v) is 6.99. The number of anilines is 2. The standard InChI is InChI=1S/C20H21N5O3S/c1-3-28-16-12-8-7-11-15(16)22-19(27)21-13(2)17(26)23-20-25-24-18(29-20)14-9-5-4-6-10-14/h4-13H,3H2,1-2H3,(H2,21,22,27)(H,23,25,26). The molecule has 3 aromatic rings. The Labute approximate surface area is 172 Å². The van der Waals surface area contributed by atoms with E-state index in [2.05, 4.69) is 26.1 Å². The summed E-state index contributed by atoms with van der Waals surface area (Å²) in [5.74, 6) is 0.165. The third-order valence-electron chi connectivity index (χ3n) is 3.85. The molecule has 0 saturated carbocycles. The van der Waals surface area contributed by atoms with Gasteiger partial charge in [0.1, 0.15) is 16.8 Å². The van der Waals surface area contributed by atoms with Crippen LogP contribution in [0.4, 0.5) is 15.6 Å². The predicted octanol–water partition coefficient (Wildman–Crippen LogP) is 3.75. The number of urea groups is 1. The second-order valence-electron chi connectivity index (χ2n) is 6.02. The highest BCUT2D eigenvalue weighted by Crippen LogP contribution is 2.26. The minimum Gasteiger partial charge on any atom is -0.492 e. The second kappa shape index (κ2) is 9.65. The Morgan fingerprint density at radius 2 is 1.76 bits per heavy atom. The molecule has 0 saturated heterocycles. The van der Waals surface area contributed by atoms with Gasteiger partial charge in [0.05, 0.1) is 12.3 Å². The van der Waals surface area contributed by atoms with E-state index in [4.69, 9.17) is 4.74 Å². The number of carbonyl (C=O) groups excluding carboxylic acids is 2. The van der Waals surface area contributed by atoms with E-state index < -0.39 is 18.0 Å². The van der Waals surface area contributed by atoms with Crippen LogP contribution in [0.3, 0.4) is 0 Å². The Hall–Kier alpha value is -3.46. The monoisotopic (exact) mass is 411 g/mol. The maximum Gasteiger partial charge on any atom is 0.319 e. The van der Waals surface area contributed by atoms with E-state index in [0.29, 0.717) is 28.2 Å². The third kappa shape index (κ3) is 5.52. The van der Waals surface area contributed by atoms with Crippen molar-refractivity contribution >= 4 is 34.1 Å². The lowest BCUT2D eigenvalue weighted by Crippen LogP contribution is -2.43. The molecule has 3 N–H and O–H groups in total. The van der Waals surface area contributed by atoms with Crippen LogP contribution in [0.15, 0.2) is 54.6 Å². The molecule has 150 valence electrons. The Balaban J connectivity index is 1.55. The summed E-state index contributed by atoms with van der Waals surface area (Å²) in [6.45, 7) is 3.92. The van der Waals surface area contributed by atoms with Crippen LogP contribution in [0.25, 0.3) is 10.6 Å². The highest BCUT2D eigenvalue weighted by Gasteiger charge is 2.18. The summed E-state index contributed by atoms with van der Waals surface area (Å²) < 4.78 is 5.47. The number of benzene rings is 2. The molecule has 0 fully saturated rings. The molecule has 1 unspecified atom stereocenters. The van der Waals surface area contributed by atoms with Crippen LogP contribution in [0.1, 0.15) is 13.8 Å². The van der Waals surface area contributed by atoms with Crippen molar-refractivity contribution in [1.82, 2.24) is 15.5 Å². The molecule has 0 bridgehead atoms. The summed E-state index contributed by atoms with van der Waals surface area (Å²) in [4.78, 5) is 24.6. The van der Waals surface area contributed by atoms with Crippen LogP contribution >= 0.6 is 11.3 Å². The number of rotatable bonds is 7. The zero-order valence-corrected chi connectivity index (χ0v) is 16.8. The van der Waals surface area contributed by atoms with E-state index in [1.165, 1.54) is 11.3 Å². The topological polar surface area (TPSA) is 105 Å². The molecular formula is C20H21N5O3S. The molecule has 1 aromatic heterocycles. The largest absolute Gasteiger partial charge is 0.492 e. The maximum atomic E-state index is 12.4. The van der Waals surface area contributed by atoms with E-state index >= 15 is 0 Å². The third-order valence-corrected chi connectivity index (χ3v) is 4.74. The number of nitrogens with zero attached hydrogens (tertiary/aromatic N) is 2. The van der Waals surface area contributed by atoms with Crippen LogP contribution in [-0.4, -0.2) is 34.8 Å². The molecule has 1 heterocycles. The summed E-state index contributed by atoms with van der Waals surface area (Å²) >= 11 is 1.26. The van der Waals surface area contributed by atoms with Gasteiger partial charge in [-0.25, -0.2) is 4.79 Å². The number of carbonyl (C=O) groups is 2. The lowest BCUT2D eigenvalue weighted by atomic mass is 10.2. The van der Waals surface area contributed by atoms with Gasteiger partial charge in [0.2, 0.25) is 11.0 Å². The van der Waals surface area contributed by atoms with E-state index in [9.17, 15) is 9.59 Å². The van der Waals surface area contributed by atoms with Crippen molar-refractivity contribution in [2.45, 2.75) is 19.9 Å². The fraction of sp³-hybridized carbons (Fsp3) is 0.200. The Morgan fingerprint density at radius 1 is 1.03 bits per heavy atom. The summed E-state index contributed by atoms with van der Waals surface area (Å²) in [5.41, 5.74) is 1.44. The molecule has 8 nitrogen and oxygen atoms in total. The Kier molecular flexibility index (Phi) is 6.75. The van der Waals surface area contributed by atoms with Gasteiger partial charge >= 0.3 is 6.03 Å². The number of hydrogen-bond acceptors (Lipinski definition) is 6. The van der Waals surface area contributed by atoms with Crippen molar-refractivity contribution in [3.63, 3.8) is 0 Å². The summed E-state index contributed by atoms with van der Waals surface area (Å²) in [5, 5.41) is 17.1. The fourth-order valence-corrected chi connectivity index (χ4v) is 3.21. The van der Waals surface area contributed by atoms with Gasteiger partial charge in [0.15, 0.2) is 0 Å². The molecule has 0 aliphatic rings. The average Bonchev–Trinajstić information content (AvgIpc) is 3.18. The van der Waals surface area contributed by atoms with Gasteiger partial charge in [-0.1, -0.05) is 53.8 Å². The zero-order valence-electron chi connectivity index (χ0n) is 16.0. The van der Waals surface area contributed by atoms with Gasteiger partial charge in [0.25, 0.3) is 0 Å². The Morgan fingerprint density at radius 3 is 2.52 bits per heavy atom. The normalized spacial score (nSPS) is 11.4. The summed E-state index contributed by atoms with van der Waals surface area (Å²) in [7, 11) is 0. The van der Waals surface area contributed by atoms with Gasteiger partial charge in [-0.05, 0) is 26.0 Å². The van der Waals surface area contributed by atoms with Crippen molar-refractivity contribution in [2.24, 2.45) is 0 Å². The van der Waals surface area contributed by atoms with Crippen LogP contribution in [-0.2, 0) is 4.79 Å². The van der Waals surface area contributed by atoms with Gasteiger partial charge in [-0.2, -0.15) is 0 Å². The quantitative estimate of drug-likeness (QED) is 0.549. The molecule has 29 heavy (non-hydrogen) atoms. The number of nitrogens with one attached hydrogen (secondary N) is 3. The average molecular weight is 411 g/mol. The molecule has 0 aliphatic heterocycles. The lowest BCUT2D eigenvalue weighted by Gasteiger charge is -2.15. The van der Waals surface area contributed by atoms with E-state index in [1.54, 1.807) is 25.1 Å². The number of para-hydroxylation sites is 2. The van der Waals surface area contributed by atoms with Crippen LogP contribution in [0.5, 0.6) is 5.75 Å².